The first-order valence-corrected chi connectivity index (χ1v) is 7.47. The molecule has 21 heavy (non-hydrogen) atoms. The van der Waals surface area contributed by atoms with E-state index in [1.165, 1.54) is 11.3 Å². The minimum atomic E-state index is -0.952. The summed E-state index contributed by atoms with van der Waals surface area (Å²) in [5.41, 5.74) is 0.0963. The molecule has 1 amide bonds. The Morgan fingerprint density at radius 2 is 2.10 bits per heavy atom. The normalized spacial score (nSPS) is 17.6. The highest BCUT2D eigenvalue weighted by molar-refractivity contribution is 7.14. The predicted octanol–water partition coefficient (Wildman–Crippen LogP) is 2.58. The summed E-state index contributed by atoms with van der Waals surface area (Å²) in [7, 11) is 0. The highest BCUT2D eigenvalue weighted by Crippen LogP contribution is 2.38. The zero-order valence-electron chi connectivity index (χ0n) is 12.5. The molecule has 0 saturated carbocycles. The van der Waals surface area contributed by atoms with Gasteiger partial charge in [0.2, 0.25) is 0 Å². The van der Waals surface area contributed by atoms with E-state index < -0.39 is 17.7 Å². The van der Waals surface area contributed by atoms with Crippen molar-refractivity contribution in [1.29, 1.82) is 0 Å². The minimum absolute atomic E-state index is 0.216. The molecule has 0 aromatic carbocycles. The maximum Gasteiger partial charge on any atom is 0.408 e. The third-order valence-corrected chi connectivity index (χ3v) is 4.22. The molecule has 0 bridgehead atoms. The Kier molecular flexibility index (Phi) is 4.13. The Morgan fingerprint density at radius 1 is 1.43 bits per heavy atom. The van der Waals surface area contributed by atoms with Crippen LogP contribution in [0.3, 0.4) is 0 Å². The smallest absolute Gasteiger partial charge is 0.408 e. The molecule has 7 heteroatoms. The van der Waals surface area contributed by atoms with E-state index in [1.54, 1.807) is 27.7 Å². The predicted molar refractivity (Wildman–Crippen MR) is 78.4 cm³/mol. The van der Waals surface area contributed by atoms with Gasteiger partial charge in [0.25, 0.3) is 0 Å². The molecule has 0 spiro atoms. The van der Waals surface area contributed by atoms with E-state index >= 15 is 0 Å². The number of carboxylic acid groups (broad SMARTS) is 1. The van der Waals surface area contributed by atoms with Crippen LogP contribution in [0.4, 0.5) is 4.79 Å². The molecule has 1 aromatic rings. The SMILES string of the molecule is Cc1c(C(=O)O)sc2c1OCC(NC(=O)OC(C)(C)C)C2. The van der Waals surface area contributed by atoms with E-state index in [4.69, 9.17) is 14.6 Å². The van der Waals surface area contributed by atoms with Crippen molar-refractivity contribution in [3.8, 4) is 5.75 Å². The van der Waals surface area contributed by atoms with Crippen molar-refractivity contribution < 1.29 is 24.2 Å². The van der Waals surface area contributed by atoms with Crippen molar-refractivity contribution in [3.63, 3.8) is 0 Å². The summed E-state index contributed by atoms with van der Waals surface area (Å²) in [6.07, 6.45) is 0.0548. The van der Waals surface area contributed by atoms with Gasteiger partial charge in [-0.05, 0) is 27.7 Å². The van der Waals surface area contributed by atoms with Gasteiger partial charge in [-0.1, -0.05) is 0 Å². The molecular weight excluding hydrogens is 294 g/mol. The van der Waals surface area contributed by atoms with Gasteiger partial charge in [-0.25, -0.2) is 9.59 Å². The average Bonchev–Trinajstić information content (AvgIpc) is 2.64. The second kappa shape index (κ2) is 5.55. The lowest BCUT2D eigenvalue weighted by Crippen LogP contribution is -2.44. The van der Waals surface area contributed by atoms with Crippen LogP contribution in [-0.4, -0.2) is 35.4 Å². The van der Waals surface area contributed by atoms with Gasteiger partial charge in [0.15, 0.2) is 0 Å². The summed E-state index contributed by atoms with van der Waals surface area (Å²) in [6, 6.07) is -0.216. The number of amides is 1. The van der Waals surface area contributed by atoms with Gasteiger partial charge in [-0.2, -0.15) is 0 Å². The number of ether oxygens (including phenoxy) is 2. The summed E-state index contributed by atoms with van der Waals surface area (Å²) in [5.74, 6) is -0.313. The van der Waals surface area contributed by atoms with Gasteiger partial charge in [0, 0.05) is 16.9 Å². The van der Waals surface area contributed by atoms with Gasteiger partial charge >= 0.3 is 12.1 Å². The summed E-state index contributed by atoms with van der Waals surface area (Å²) in [6.45, 7) is 7.43. The first kappa shape index (κ1) is 15.6. The van der Waals surface area contributed by atoms with Crippen molar-refractivity contribution in [2.75, 3.05) is 6.61 Å². The van der Waals surface area contributed by atoms with Crippen LogP contribution in [-0.2, 0) is 11.2 Å². The largest absolute Gasteiger partial charge is 0.490 e. The van der Waals surface area contributed by atoms with Crippen LogP contribution >= 0.6 is 11.3 Å². The Hall–Kier alpha value is -1.76. The maximum absolute atomic E-state index is 11.7. The van der Waals surface area contributed by atoms with Gasteiger partial charge < -0.3 is 19.9 Å². The molecule has 6 nitrogen and oxygen atoms in total. The van der Waals surface area contributed by atoms with Crippen LogP contribution in [0.5, 0.6) is 5.75 Å². The molecule has 2 rings (SSSR count). The minimum Gasteiger partial charge on any atom is -0.490 e. The molecule has 0 aliphatic carbocycles. The molecule has 116 valence electrons. The van der Waals surface area contributed by atoms with E-state index in [0.717, 1.165) is 4.88 Å². The van der Waals surface area contributed by atoms with E-state index in [-0.39, 0.29) is 10.9 Å². The van der Waals surface area contributed by atoms with E-state index in [1.807, 2.05) is 0 Å². The molecule has 0 saturated heterocycles. The maximum atomic E-state index is 11.7. The molecule has 2 heterocycles. The van der Waals surface area contributed by atoms with Crippen molar-refractivity contribution in [1.82, 2.24) is 5.32 Å². The van der Waals surface area contributed by atoms with Crippen molar-refractivity contribution in [2.24, 2.45) is 0 Å². The zero-order valence-corrected chi connectivity index (χ0v) is 13.3. The fourth-order valence-corrected chi connectivity index (χ4v) is 3.29. The first-order chi connectivity index (χ1) is 9.67. The summed E-state index contributed by atoms with van der Waals surface area (Å²) in [4.78, 5) is 24.0. The number of fused-ring (bicyclic) bond motifs is 1. The number of carbonyl (C=O) groups excluding carboxylic acids is 1. The molecule has 1 aliphatic rings. The van der Waals surface area contributed by atoms with Gasteiger partial charge in [0.05, 0.1) is 6.04 Å². The van der Waals surface area contributed by atoms with Crippen LogP contribution in [0.2, 0.25) is 0 Å². The molecule has 0 radical (unpaired) electrons. The van der Waals surface area contributed by atoms with E-state index in [0.29, 0.717) is 24.3 Å². The number of nitrogens with one attached hydrogen (secondary N) is 1. The highest BCUT2D eigenvalue weighted by atomic mass is 32.1. The van der Waals surface area contributed by atoms with Crippen LogP contribution in [0.25, 0.3) is 0 Å². The molecular formula is C14H19NO5S. The summed E-state index contributed by atoms with van der Waals surface area (Å²) >= 11 is 1.20. The van der Waals surface area contributed by atoms with Crippen LogP contribution in [0, 0.1) is 6.92 Å². The fraction of sp³-hybridized carbons (Fsp3) is 0.571. The first-order valence-electron chi connectivity index (χ1n) is 6.65. The second-order valence-corrected chi connectivity index (χ2v) is 7.08. The van der Waals surface area contributed by atoms with Crippen molar-refractivity contribution in [3.05, 3.63) is 15.3 Å². The van der Waals surface area contributed by atoms with Gasteiger partial charge in [0.1, 0.15) is 22.8 Å². The Balaban J connectivity index is 2.05. The van der Waals surface area contributed by atoms with E-state index in [9.17, 15) is 9.59 Å². The Labute approximate surface area is 127 Å². The summed E-state index contributed by atoms with van der Waals surface area (Å²) in [5, 5.41) is 11.9. The van der Waals surface area contributed by atoms with Crippen LogP contribution < -0.4 is 10.1 Å². The number of carbonyl (C=O) groups is 2. The zero-order chi connectivity index (χ0) is 15.8. The molecule has 1 atom stereocenters. The number of alkyl carbamates (subject to hydrolysis) is 1. The van der Waals surface area contributed by atoms with Crippen LogP contribution in [0.1, 0.15) is 40.9 Å². The number of aromatic carboxylic acids is 1. The fourth-order valence-electron chi connectivity index (χ4n) is 2.12. The lowest BCUT2D eigenvalue weighted by molar-refractivity contribution is 0.0482. The molecule has 1 aromatic heterocycles. The summed E-state index contributed by atoms with van der Waals surface area (Å²) < 4.78 is 10.8. The molecule has 1 aliphatic heterocycles. The van der Waals surface area contributed by atoms with Crippen LogP contribution in [0.15, 0.2) is 0 Å². The number of carboxylic acids is 1. The number of hydrogen-bond donors (Lipinski definition) is 2. The topological polar surface area (TPSA) is 84.9 Å². The van der Waals surface area contributed by atoms with Gasteiger partial charge in [-0.15, -0.1) is 11.3 Å². The third kappa shape index (κ3) is 3.66. The highest BCUT2D eigenvalue weighted by Gasteiger charge is 2.29. The van der Waals surface area contributed by atoms with Gasteiger partial charge in [-0.3, -0.25) is 0 Å². The number of hydrogen-bond acceptors (Lipinski definition) is 5. The molecule has 0 fully saturated rings. The molecule has 2 N–H and O–H groups in total. The van der Waals surface area contributed by atoms with Crippen molar-refractivity contribution >= 4 is 23.4 Å². The Bertz CT molecular complexity index is 573. The average molecular weight is 313 g/mol. The lowest BCUT2D eigenvalue weighted by Gasteiger charge is -2.26. The lowest BCUT2D eigenvalue weighted by atomic mass is 10.1. The van der Waals surface area contributed by atoms with E-state index in [2.05, 4.69) is 5.32 Å². The van der Waals surface area contributed by atoms with Crippen molar-refractivity contribution in [2.45, 2.75) is 45.8 Å². The second-order valence-electron chi connectivity index (χ2n) is 5.97. The monoisotopic (exact) mass is 313 g/mol. The number of thiophene rings is 1. The quantitative estimate of drug-likeness (QED) is 0.876. The number of rotatable bonds is 2. The Morgan fingerprint density at radius 3 is 2.67 bits per heavy atom. The molecule has 1 unspecified atom stereocenters. The third-order valence-electron chi connectivity index (χ3n) is 2.94. The standard InChI is InChI=1S/C14H19NO5S/c1-7-10-9(21-11(7)12(16)17)5-8(6-19-10)15-13(18)20-14(2,3)4/h8H,5-6H2,1-4H3,(H,15,18)(H,16,17).